The molecule has 1 amide bonds. The van der Waals surface area contributed by atoms with Crippen LogP contribution in [-0.2, 0) is 16.6 Å². The van der Waals surface area contributed by atoms with Crippen molar-refractivity contribution >= 4 is 17.7 Å². The molecule has 0 saturated heterocycles. The van der Waals surface area contributed by atoms with Crippen molar-refractivity contribution in [2.45, 2.75) is 6.92 Å². The van der Waals surface area contributed by atoms with Gasteiger partial charge in [0.2, 0.25) is 5.91 Å². The van der Waals surface area contributed by atoms with E-state index in [-0.39, 0.29) is 24.6 Å². The van der Waals surface area contributed by atoms with Gasteiger partial charge in [0, 0.05) is 7.05 Å². The molecule has 0 aromatic carbocycles. The van der Waals surface area contributed by atoms with Crippen LogP contribution in [0.4, 0.5) is 5.82 Å². The van der Waals surface area contributed by atoms with Gasteiger partial charge in [0.05, 0.1) is 19.3 Å². The average molecular weight is 254 g/mol. The van der Waals surface area contributed by atoms with Crippen molar-refractivity contribution in [2.75, 3.05) is 32.6 Å². The van der Waals surface area contributed by atoms with Crippen molar-refractivity contribution in [1.29, 1.82) is 0 Å². The van der Waals surface area contributed by atoms with Crippen molar-refractivity contribution in [3.63, 3.8) is 0 Å². The first-order valence-corrected chi connectivity index (χ1v) is 5.59. The first-order chi connectivity index (χ1) is 8.45. The van der Waals surface area contributed by atoms with Gasteiger partial charge in [-0.15, -0.1) is 0 Å². The number of carbonyl (C=O) groups excluding carboxylic acids is 2. The zero-order valence-corrected chi connectivity index (χ0v) is 11.1. The molecule has 0 spiro atoms. The van der Waals surface area contributed by atoms with Gasteiger partial charge in [-0.2, -0.15) is 5.10 Å². The minimum atomic E-state index is -0.495. The summed E-state index contributed by atoms with van der Waals surface area (Å²) >= 11 is 0. The number of anilines is 1. The topological polar surface area (TPSA) is 76.5 Å². The zero-order chi connectivity index (χ0) is 13.7. The van der Waals surface area contributed by atoms with E-state index in [1.54, 1.807) is 33.0 Å². The standard InChI is InChI=1S/C11H18N4O3/c1-5-18-11(17)8-6-12-15(4)10(8)13-9(16)7-14(2)3/h6H,5,7H2,1-4H3,(H,13,16). The number of esters is 1. The van der Waals surface area contributed by atoms with Gasteiger partial charge in [0.1, 0.15) is 11.4 Å². The number of hydrogen-bond acceptors (Lipinski definition) is 5. The van der Waals surface area contributed by atoms with Crippen LogP contribution in [0, 0.1) is 0 Å². The van der Waals surface area contributed by atoms with E-state index in [1.807, 2.05) is 0 Å². The van der Waals surface area contributed by atoms with Crippen LogP contribution in [-0.4, -0.2) is 53.8 Å². The number of rotatable bonds is 5. The largest absolute Gasteiger partial charge is 0.462 e. The Morgan fingerprint density at radius 1 is 1.50 bits per heavy atom. The lowest BCUT2D eigenvalue weighted by Gasteiger charge is -2.11. The van der Waals surface area contributed by atoms with Crippen LogP contribution in [0.25, 0.3) is 0 Å². The van der Waals surface area contributed by atoms with Crippen molar-refractivity contribution in [1.82, 2.24) is 14.7 Å². The van der Waals surface area contributed by atoms with Gasteiger partial charge in [0.15, 0.2) is 0 Å². The number of aromatic nitrogens is 2. The lowest BCUT2D eigenvalue weighted by molar-refractivity contribution is -0.116. The highest BCUT2D eigenvalue weighted by molar-refractivity contribution is 6.00. The van der Waals surface area contributed by atoms with Crippen LogP contribution in [0.1, 0.15) is 17.3 Å². The van der Waals surface area contributed by atoms with Gasteiger partial charge >= 0.3 is 5.97 Å². The van der Waals surface area contributed by atoms with E-state index in [2.05, 4.69) is 10.4 Å². The zero-order valence-electron chi connectivity index (χ0n) is 11.1. The highest BCUT2D eigenvalue weighted by atomic mass is 16.5. The predicted octanol–water partition coefficient (Wildman–Crippen LogP) is 0.0969. The van der Waals surface area contributed by atoms with Gasteiger partial charge in [-0.25, -0.2) is 4.79 Å². The lowest BCUT2D eigenvalue weighted by Crippen LogP contribution is -2.28. The quantitative estimate of drug-likeness (QED) is 0.754. The normalized spacial score (nSPS) is 10.5. The van der Waals surface area contributed by atoms with E-state index in [4.69, 9.17) is 4.74 Å². The van der Waals surface area contributed by atoms with Gasteiger partial charge in [-0.1, -0.05) is 0 Å². The van der Waals surface area contributed by atoms with Crippen molar-refractivity contribution in [3.8, 4) is 0 Å². The number of ether oxygens (including phenoxy) is 1. The Hall–Kier alpha value is -1.89. The Balaban J connectivity index is 2.84. The first-order valence-electron chi connectivity index (χ1n) is 5.59. The monoisotopic (exact) mass is 254 g/mol. The molecule has 1 aromatic rings. The molecular weight excluding hydrogens is 236 g/mol. The molecule has 1 N–H and O–H groups in total. The molecule has 0 radical (unpaired) electrons. The van der Waals surface area contributed by atoms with Gasteiger partial charge < -0.3 is 15.0 Å². The summed E-state index contributed by atoms with van der Waals surface area (Å²) in [5, 5.41) is 6.59. The van der Waals surface area contributed by atoms with Crippen LogP contribution < -0.4 is 5.32 Å². The fourth-order valence-electron chi connectivity index (χ4n) is 1.40. The second kappa shape index (κ2) is 6.15. The molecular formula is C11H18N4O3. The summed E-state index contributed by atoms with van der Waals surface area (Å²) in [5.74, 6) is -0.361. The minimum absolute atomic E-state index is 0.214. The summed E-state index contributed by atoms with van der Waals surface area (Å²) in [5.41, 5.74) is 0.256. The number of aryl methyl sites for hydroxylation is 1. The van der Waals surface area contributed by atoms with E-state index < -0.39 is 5.97 Å². The van der Waals surface area contributed by atoms with Crippen LogP contribution in [0.3, 0.4) is 0 Å². The van der Waals surface area contributed by atoms with Crippen LogP contribution in [0.5, 0.6) is 0 Å². The number of hydrogen-bond donors (Lipinski definition) is 1. The third-order valence-electron chi connectivity index (χ3n) is 2.15. The molecule has 0 aliphatic carbocycles. The maximum absolute atomic E-state index is 11.7. The molecule has 1 heterocycles. The highest BCUT2D eigenvalue weighted by Crippen LogP contribution is 2.15. The number of nitrogens with one attached hydrogen (secondary N) is 1. The predicted molar refractivity (Wildman–Crippen MR) is 66.3 cm³/mol. The molecule has 0 unspecified atom stereocenters. The summed E-state index contributed by atoms with van der Waals surface area (Å²) in [7, 11) is 5.22. The second-order valence-electron chi connectivity index (χ2n) is 4.04. The van der Waals surface area contributed by atoms with Gasteiger partial charge in [0.25, 0.3) is 0 Å². The Morgan fingerprint density at radius 3 is 2.72 bits per heavy atom. The fraction of sp³-hybridized carbons (Fsp3) is 0.545. The molecule has 100 valence electrons. The number of nitrogens with zero attached hydrogens (tertiary/aromatic N) is 3. The molecule has 7 nitrogen and oxygen atoms in total. The summed E-state index contributed by atoms with van der Waals surface area (Å²) in [6, 6.07) is 0. The second-order valence-corrected chi connectivity index (χ2v) is 4.04. The Labute approximate surface area is 106 Å². The smallest absolute Gasteiger partial charge is 0.343 e. The Morgan fingerprint density at radius 2 is 2.17 bits per heavy atom. The third-order valence-corrected chi connectivity index (χ3v) is 2.15. The number of likely N-dealkylation sites (N-methyl/N-ethyl adjacent to an activating group) is 1. The van der Waals surface area contributed by atoms with Crippen molar-refractivity contribution in [3.05, 3.63) is 11.8 Å². The molecule has 0 atom stereocenters. The molecule has 0 aliphatic rings. The molecule has 1 rings (SSSR count). The lowest BCUT2D eigenvalue weighted by atomic mass is 10.3. The van der Waals surface area contributed by atoms with E-state index in [0.29, 0.717) is 5.82 Å². The van der Waals surface area contributed by atoms with E-state index in [0.717, 1.165) is 0 Å². The van der Waals surface area contributed by atoms with E-state index in [1.165, 1.54) is 10.9 Å². The summed E-state index contributed by atoms with van der Waals surface area (Å²) in [6.45, 7) is 2.23. The molecule has 0 saturated carbocycles. The Kier molecular flexibility index (Phi) is 4.85. The van der Waals surface area contributed by atoms with Gasteiger partial charge in [-0.3, -0.25) is 9.48 Å². The van der Waals surface area contributed by atoms with E-state index >= 15 is 0 Å². The minimum Gasteiger partial charge on any atom is -0.462 e. The molecule has 0 fully saturated rings. The maximum Gasteiger partial charge on any atom is 0.343 e. The third kappa shape index (κ3) is 3.56. The maximum atomic E-state index is 11.7. The van der Waals surface area contributed by atoms with Crippen LogP contribution in [0.15, 0.2) is 6.20 Å². The van der Waals surface area contributed by atoms with Crippen molar-refractivity contribution in [2.24, 2.45) is 7.05 Å². The molecule has 1 aromatic heterocycles. The molecule has 7 heteroatoms. The van der Waals surface area contributed by atoms with Gasteiger partial charge in [-0.05, 0) is 21.0 Å². The van der Waals surface area contributed by atoms with Crippen molar-refractivity contribution < 1.29 is 14.3 Å². The number of amides is 1. The molecule has 0 bridgehead atoms. The van der Waals surface area contributed by atoms with Crippen LogP contribution >= 0.6 is 0 Å². The summed E-state index contributed by atoms with van der Waals surface area (Å²) in [6.07, 6.45) is 1.38. The van der Waals surface area contributed by atoms with E-state index in [9.17, 15) is 9.59 Å². The highest BCUT2D eigenvalue weighted by Gasteiger charge is 2.19. The summed E-state index contributed by atoms with van der Waals surface area (Å²) < 4.78 is 6.32. The number of carbonyl (C=O) groups is 2. The van der Waals surface area contributed by atoms with Crippen LogP contribution in [0.2, 0.25) is 0 Å². The average Bonchev–Trinajstić information content (AvgIpc) is 2.60. The fourth-order valence-corrected chi connectivity index (χ4v) is 1.40. The SMILES string of the molecule is CCOC(=O)c1cnn(C)c1NC(=O)CN(C)C. The Bertz CT molecular complexity index is 439. The first kappa shape index (κ1) is 14.2. The summed E-state index contributed by atoms with van der Waals surface area (Å²) in [4.78, 5) is 25.0. The molecule has 18 heavy (non-hydrogen) atoms. The molecule has 0 aliphatic heterocycles.